The molecule has 3 rings (SSSR count). The zero-order valence-corrected chi connectivity index (χ0v) is 12.2. The summed E-state index contributed by atoms with van der Waals surface area (Å²) in [5.41, 5.74) is 5.51. The predicted octanol–water partition coefficient (Wildman–Crippen LogP) is 4.35. The van der Waals surface area contributed by atoms with E-state index in [4.69, 9.17) is 0 Å². The molecule has 104 valence electrons. The van der Waals surface area contributed by atoms with Gasteiger partial charge in [-0.1, -0.05) is 55.0 Å². The first-order chi connectivity index (χ1) is 9.83. The molecule has 1 unspecified atom stereocenters. The fraction of sp³-hybridized carbons (Fsp3) is 0.368. The van der Waals surface area contributed by atoms with E-state index >= 15 is 0 Å². The summed E-state index contributed by atoms with van der Waals surface area (Å²) in [4.78, 5) is 0. The van der Waals surface area contributed by atoms with Crippen LogP contribution in [0.3, 0.4) is 0 Å². The van der Waals surface area contributed by atoms with E-state index in [1.165, 1.54) is 48.1 Å². The summed E-state index contributed by atoms with van der Waals surface area (Å²) >= 11 is 0. The molecule has 0 radical (unpaired) electrons. The lowest BCUT2D eigenvalue weighted by molar-refractivity contribution is 0.399. The number of aryl methyl sites for hydroxylation is 1. The largest absolute Gasteiger partial charge is 0.314 e. The van der Waals surface area contributed by atoms with Gasteiger partial charge in [-0.25, -0.2) is 0 Å². The van der Waals surface area contributed by atoms with E-state index in [0.29, 0.717) is 6.04 Å². The molecule has 1 atom stereocenters. The molecule has 1 heterocycles. The highest BCUT2D eigenvalue weighted by molar-refractivity contribution is 5.67. The van der Waals surface area contributed by atoms with E-state index in [2.05, 4.69) is 60.8 Å². The van der Waals surface area contributed by atoms with E-state index in [1.54, 1.807) is 0 Å². The van der Waals surface area contributed by atoms with Gasteiger partial charge in [0.05, 0.1) is 0 Å². The van der Waals surface area contributed by atoms with Crippen molar-refractivity contribution in [3.05, 3.63) is 59.7 Å². The van der Waals surface area contributed by atoms with Gasteiger partial charge >= 0.3 is 0 Å². The highest BCUT2D eigenvalue weighted by Gasteiger charge is 2.13. The predicted molar refractivity (Wildman–Crippen MR) is 86.0 cm³/mol. The second-order valence-corrected chi connectivity index (χ2v) is 5.87. The summed E-state index contributed by atoms with van der Waals surface area (Å²) in [5, 5.41) is 3.64. The molecule has 0 saturated carbocycles. The average molecular weight is 265 g/mol. The van der Waals surface area contributed by atoms with Crippen molar-refractivity contribution < 1.29 is 0 Å². The van der Waals surface area contributed by atoms with Gasteiger partial charge < -0.3 is 5.32 Å². The van der Waals surface area contributed by atoms with E-state index < -0.39 is 0 Å². The van der Waals surface area contributed by atoms with Crippen LogP contribution in [-0.4, -0.2) is 12.6 Å². The highest BCUT2D eigenvalue weighted by Crippen LogP contribution is 2.25. The molecule has 1 aliphatic heterocycles. The summed E-state index contributed by atoms with van der Waals surface area (Å²) in [6, 6.07) is 18.3. The maximum absolute atomic E-state index is 3.64. The van der Waals surface area contributed by atoms with Crippen LogP contribution in [0.4, 0.5) is 0 Å². The number of benzene rings is 2. The van der Waals surface area contributed by atoms with Gasteiger partial charge in [0.1, 0.15) is 0 Å². The molecule has 0 aliphatic carbocycles. The molecule has 20 heavy (non-hydrogen) atoms. The third kappa shape index (κ3) is 3.10. The Labute approximate surface area is 122 Å². The molecule has 2 aromatic carbocycles. The first-order valence-corrected chi connectivity index (χ1v) is 7.71. The van der Waals surface area contributed by atoms with Crippen molar-refractivity contribution in [2.75, 3.05) is 6.54 Å². The molecular weight excluding hydrogens is 242 g/mol. The number of piperidine rings is 1. The second kappa shape index (κ2) is 6.23. The minimum atomic E-state index is 0.662. The number of hydrogen-bond acceptors (Lipinski definition) is 1. The van der Waals surface area contributed by atoms with Crippen molar-refractivity contribution in [3.8, 4) is 11.1 Å². The Morgan fingerprint density at radius 3 is 2.65 bits per heavy atom. The summed E-state index contributed by atoms with van der Waals surface area (Å²) in [6.45, 7) is 3.38. The molecule has 1 heteroatoms. The summed E-state index contributed by atoms with van der Waals surface area (Å²) in [5.74, 6) is 0. The summed E-state index contributed by atoms with van der Waals surface area (Å²) in [7, 11) is 0. The van der Waals surface area contributed by atoms with E-state index in [0.717, 1.165) is 6.42 Å². The monoisotopic (exact) mass is 265 g/mol. The zero-order valence-electron chi connectivity index (χ0n) is 12.2. The van der Waals surface area contributed by atoms with Crippen LogP contribution < -0.4 is 5.32 Å². The molecular formula is C19H23N. The Balaban J connectivity index is 1.83. The molecule has 1 aliphatic rings. The molecule has 1 N–H and O–H groups in total. The number of rotatable bonds is 3. The van der Waals surface area contributed by atoms with Crippen molar-refractivity contribution in [1.82, 2.24) is 5.32 Å². The second-order valence-electron chi connectivity index (χ2n) is 5.87. The molecule has 2 aromatic rings. The van der Waals surface area contributed by atoms with Gasteiger partial charge in [0.15, 0.2) is 0 Å². The lowest BCUT2D eigenvalue weighted by Crippen LogP contribution is -2.35. The van der Waals surface area contributed by atoms with Crippen LogP contribution in [0.1, 0.15) is 30.4 Å². The third-order valence-corrected chi connectivity index (χ3v) is 4.28. The summed E-state index contributed by atoms with van der Waals surface area (Å²) < 4.78 is 0. The quantitative estimate of drug-likeness (QED) is 0.870. The lowest BCUT2D eigenvalue weighted by Gasteiger charge is -2.23. The first-order valence-electron chi connectivity index (χ1n) is 7.71. The van der Waals surface area contributed by atoms with Crippen molar-refractivity contribution >= 4 is 0 Å². The normalized spacial score (nSPS) is 18.9. The van der Waals surface area contributed by atoms with Crippen molar-refractivity contribution in [1.29, 1.82) is 0 Å². The molecule has 0 bridgehead atoms. The molecule has 1 nitrogen and oxygen atoms in total. The van der Waals surface area contributed by atoms with Gasteiger partial charge in [-0.05, 0) is 55.0 Å². The minimum Gasteiger partial charge on any atom is -0.314 e. The van der Waals surface area contributed by atoms with Crippen LogP contribution in [0, 0.1) is 6.92 Å². The first kappa shape index (κ1) is 13.4. The molecule has 1 saturated heterocycles. The summed E-state index contributed by atoms with van der Waals surface area (Å²) in [6.07, 6.45) is 5.17. The maximum Gasteiger partial charge on any atom is 0.0107 e. The molecule has 1 fully saturated rings. The van der Waals surface area contributed by atoms with E-state index in [1.807, 2.05) is 0 Å². The number of hydrogen-bond donors (Lipinski definition) is 1. The number of nitrogens with one attached hydrogen (secondary N) is 1. The van der Waals surface area contributed by atoms with Gasteiger partial charge in [-0.2, -0.15) is 0 Å². The Kier molecular flexibility index (Phi) is 4.17. The molecule has 0 spiro atoms. The Hall–Kier alpha value is -1.60. The van der Waals surface area contributed by atoms with E-state index in [-0.39, 0.29) is 0 Å². The van der Waals surface area contributed by atoms with Gasteiger partial charge in [-0.15, -0.1) is 0 Å². The van der Waals surface area contributed by atoms with Crippen LogP contribution in [0.2, 0.25) is 0 Å². The van der Waals surface area contributed by atoms with Crippen molar-refractivity contribution in [2.24, 2.45) is 0 Å². The van der Waals surface area contributed by atoms with Crippen LogP contribution >= 0.6 is 0 Å². The third-order valence-electron chi connectivity index (χ3n) is 4.28. The van der Waals surface area contributed by atoms with Crippen LogP contribution in [0.5, 0.6) is 0 Å². The standard InChI is InChI=1S/C19H23N/c1-15-10-11-16(13-18-9-5-6-12-20-18)14-19(15)17-7-3-2-4-8-17/h2-4,7-8,10-11,14,18,20H,5-6,9,12-13H2,1H3. The van der Waals surface area contributed by atoms with Gasteiger partial charge in [0.2, 0.25) is 0 Å². The Morgan fingerprint density at radius 2 is 1.90 bits per heavy atom. The Morgan fingerprint density at radius 1 is 1.05 bits per heavy atom. The van der Waals surface area contributed by atoms with Gasteiger partial charge in [0.25, 0.3) is 0 Å². The smallest absolute Gasteiger partial charge is 0.0107 e. The van der Waals surface area contributed by atoms with Crippen LogP contribution in [0.15, 0.2) is 48.5 Å². The SMILES string of the molecule is Cc1ccc(CC2CCCCN2)cc1-c1ccccc1. The Bertz CT molecular complexity index is 553. The maximum atomic E-state index is 3.64. The molecule has 0 amide bonds. The van der Waals surface area contributed by atoms with Gasteiger partial charge in [-0.3, -0.25) is 0 Å². The topological polar surface area (TPSA) is 12.0 Å². The lowest BCUT2D eigenvalue weighted by atomic mass is 9.93. The van der Waals surface area contributed by atoms with E-state index in [9.17, 15) is 0 Å². The average Bonchev–Trinajstić information content (AvgIpc) is 2.51. The minimum absolute atomic E-state index is 0.662. The highest BCUT2D eigenvalue weighted by atomic mass is 14.9. The fourth-order valence-electron chi connectivity index (χ4n) is 3.11. The van der Waals surface area contributed by atoms with Crippen molar-refractivity contribution in [2.45, 2.75) is 38.6 Å². The molecule has 0 aromatic heterocycles. The van der Waals surface area contributed by atoms with Gasteiger partial charge in [0, 0.05) is 6.04 Å². The van der Waals surface area contributed by atoms with Crippen LogP contribution in [-0.2, 0) is 6.42 Å². The zero-order chi connectivity index (χ0) is 13.8. The van der Waals surface area contributed by atoms with Crippen LogP contribution in [0.25, 0.3) is 11.1 Å². The fourth-order valence-corrected chi connectivity index (χ4v) is 3.11. The van der Waals surface area contributed by atoms with Crippen molar-refractivity contribution in [3.63, 3.8) is 0 Å².